The van der Waals surface area contributed by atoms with E-state index in [9.17, 15) is 24.3 Å². The number of ether oxygens (including phenoxy) is 1. The average Bonchev–Trinajstić information content (AvgIpc) is 3.31. The summed E-state index contributed by atoms with van der Waals surface area (Å²) in [4.78, 5) is 53.8. The van der Waals surface area contributed by atoms with Crippen LogP contribution in [-0.4, -0.2) is 53.3 Å². The third-order valence-electron chi connectivity index (χ3n) is 6.67. The molecule has 2 fully saturated rings. The van der Waals surface area contributed by atoms with Crippen molar-refractivity contribution in [2.24, 2.45) is 11.8 Å². The number of hydrogen-bond acceptors (Lipinski definition) is 8. The van der Waals surface area contributed by atoms with Gasteiger partial charge < -0.3 is 9.84 Å². The van der Waals surface area contributed by atoms with Gasteiger partial charge in [-0.25, -0.2) is 4.90 Å². The Hall–Kier alpha value is -3.17. The predicted molar refractivity (Wildman–Crippen MR) is 128 cm³/mol. The van der Waals surface area contributed by atoms with Crippen molar-refractivity contribution in [1.82, 2.24) is 5.32 Å². The highest BCUT2D eigenvalue weighted by atomic mass is 32.2. The number of phenols is 1. The summed E-state index contributed by atoms with van der Waals surface area (Å²) in [5.74, 6) is -2.96. The summed E-state index contributed by atoms with van der Waals surface area (Å²) < 4.78 is 5.14. The van der Waals surface area contributed by atoms with Crippen molar-refractivity contribution < 1.29 is 29.0 Å². The second kappa shape index (κ2) is 9.23. The van der Waals surface area contributed by atoms with Crippen LogP contribution in [0.4, 0.5) is 5.69 Å². The van der Waals surface area contributed by atoms with Gasteiger partial charge in [0, 0.05) is 11.6 Å². The smallest absolute Gasteiger partial charge is 0.326 e. The summed E-state index contributed by atoms with van der Waals surface area (Å²) >= 11 is 1.52. The molecule has 4 rings (SSSR count). The lowest BCUT2D eigenvalue weighted by molar-refractivity contribution is -0.152. The van der Waals surface area contributed by atoms with Crippen LogP contribution >= 0.6 is 11.8 Å². The van der Waals surface area contributed by atoms with E-state index in [-0.39, 0.29) is 18.0 Å². The number of hydrogen-bond donors (Lipinski definition) is 2. The van der Waals surface area contributed by atoms with Gasteiger partial charge in [0.1, 0.15) is 11.3 Å². The predicted octanol–water partition coefficient (Wildman–Crippen LogP) is 2.71. The third-order valence-corrected chi connectivity index (χ3v) is 7.28. The first-order valence-corrected chi connectivity index (χ1v) is 12.3. The largest absolute Gasteiger partial charge is 0.508 e. The number of phenolic OH excluding ortho intramolecular Hbond substituents is 1. The molecule has 178 valence electrons. The van der Waals surface area contributed by atoms with Crippen molar-refractivity contribution in [1.29, 1.82) is 0 Å². The molecule has 2 amide bonds. The van der Waals surface area contributed by atoms with Crippen molar-refractivity contribution in [2.45, 2.75) is 24.9 Å². The fraction of sp³-hybridized carbons (Fsp3) is 0.360. The number of esters is 1. The van der Waals surface area contributed by atoms with E-state index in [0.29, 0.717) is 22.6 Å². The second-order valence-corrected chi connectivity index (χ2v) is 9.53. The van der Waals surface area contributed by atoms with Crippen LogP contribution in [0.25, 0.3) is 0 Å². The molecular formula is C25H26N2O6S. The second-order valence-electron chi connectivity index (χ2n) is 8.54. The maximum Gasteiger partial charge on any atom is 0.326 e. The molecule has 0 aliphatic carbocycles. The van der Waals surface area contributed by atoms with Crippen molar-refractivity contribution >= 4 is 41.0 Å². The molecule has 9 heteroatoms. The standard InChI is InChI=1S/C25H26N2O6S/c1-14(28)16-5-4-6-17(13-16)27-22(30)19-20(23(27)31)25(11-12-34-3,24(32)33-2)26-21(19)15-7-9-18(29)10-8-15/h4-10,13,19-21,26,29H,11-12H2,1-3H3. The number of carbonyl (C=O) groups is 4. The highest BCUT2D eigenvalue weighted by Gasteiger charge is 2.68. The number of rotatable bonds is 7. The molecule has 0 aromatic heterocycles. The normalized spacial score (nSPS) is 26.0. The number of Topliss-reactive ketones (excluding diaryl/α,β-unsaturated/α-hetero) is 1. The molecular weight excluding hydrogens is 456 g/mol. The molecule has 0 radical (unpaired) electrons. The first-order chi connectivity index (χ1) is 16.2. The minimum atomic E-state index is -1.40. The molecule has 2 saturated heterocycles. The Kier molecular flexibility index (Phi) is 6.51. The Morgan fingerprint density at radius 2 is 1.85 bits per heavy atom. The van der Waals surface area contributed by atoms with Crippen LogP contribution in [0.15, 0.2) is 48.5 Å². The average molecular weight is 483 g/mol. The topological polar surface area (TPSA) is 113 Å². The molecule has 2 N–H and O–H groups in total. The molecule has 8 nitrogen and oxygen atoms in total. The number of aromatic hydroxyl groups is 1. The molecule has 4 atom stereocenters. The number of nitrogens with one attached hydrogen (secondary N) is 1. The fourth-order valence-corrected chi connectivity index (χ4v) is 5.58. The van der Waals surface area contributed by atoms with Crippen LogP contribution < -0.4 is 10.2 Å². The first-order valence-electron chi connectivity index (χ1n) is 10.9. The van der Waals surface area contributed by atoms with Crippen LogP contribution in [0.3, 0.4) is 0 Å². The Labute approximate surface area is 201 Å². The number of fused-ring (bicyclic) bond motifs is 1. The van der Waals surface area contributed by atoms with Gasteiger partial charge in [0.15, 0.2) is 5.78 Å². The van der Waals surface area contributed by atoms with E-state index in [2.05, 4.69) is 5.32 Å². The number of thioether (sulfide) groups is 1. The lowest BCUT2D eigenvalue weighted by Crippen LogP contribution is -2.56. The van der Waals surface area contributed by atoms with E-state index < -0.39 is 41.2 Å². The van der Waals surface area contributed by atoms with Crippen molar-refractivity contribution in [3.63, 3.8) is 0 Å². The summed E-state index contributed by atoms with van der Waals surface area (Å²) in [7, 11) is 1.27. The highest BCUT2D eigenvalue weighted by Crippen LogP contribution is 2.51. The van der Waals surface area contributed by atoms with Gasteiger partial charge in [0.05, 0.1) is 24.6 Å². The van der Waals surface area contributed by atoms with E-state index in [1.165, 1.54) is 44.0 Å². The van der Waals surface area contributed by atoms with Crippen LogP contribution in [0, 0.1) is 11.8 Å². The monoisotopic (exact) mass is 482 g/mol. The Morgan fingerprint density at radius 1 is 1.15 bits per heavy atom. The van der Waals surface area contributed by atoms with Gasteiger partial charge in [-0.3, -0.25) is 24.5 Å². The summed E-state index contributed by atoms with van der Waals surface area (Å²) in [6.45, 7) is 1.41. The fourth-order valence-electron chi connectivity index (χ4n) is 5.05. The summed E-state index contributed by atoms with van der Waals surface area (Å²) in [6, 6.07) is 12.1. The van der Waals surface area contributed by atoms with Crippen LogP contribution in [0.2, 0.25) is 0 Å². The SMILES string of the molecule is COC(=O)C1(CCSC)NC(c2ccc(O)cc2)C2C(=O)N(c3cccc(C(C)=O)c3)C(=O)C21. The number of nitrogens with zero attached hydrogens (tertiary/aromatic N) is 1. The number of anilines is 1. The molecule has 2 aliphatic heterocycles. The first kappa shape index (κ1) is 24.0. The van der Waals surface area contributed by atoms with Crippen LogP contribution in [-0.2, 0) is 19.1 Å². The number of amides is 2. The lowest BCUT2D eigenvalue weighted by Gasteiger charge is -2.32. The van der Waals surface area contributed by atoms with Gasteiger partial charge in [-0.05, 0) is 55.2 Å². The number of carbonyl (C=O) groups excluding carboxylic acids is 4. The Balaban J connectivity index is 1.86. The Morgan fingerprint density at radius 3 is 2.47 bits per heavy atom. The van der Waals surface area contributed by atoms with Gasteiger partial charge in [-0.15, -0.1) is 0 Å². The molecule has 2 heterocycles. The maximum absolute atomic E-state index is 13.8. The van der Waals surface area contributed by atoms with E-state index in [1.807, 2.05) is 6.26 Å². The molecule has 34 heavy (non-hydrogen) atoms. The third kappa shape index (κ3) is 3.78. The molecule has 0 spiro atoms. The van der Waals surface area contributed by atoms with Gasteiger partial charge >= 0.3 is 5.97 Å². The van der Waals surface area contributed by atoms with Crippen molar-refractivity contribution in [3.8, 4) is 5.75 Å². The maximum atomic E-state index is 13.8. The van der Waals surface area contributed by atoms with E-state index in [1.54, 1.807) is 30.3 Å². The minimum absolute atomic E-state index is 0.0661. The van der Waals surface area contributed by atoms with Gasteiger partial charge in [0.25, 0.3) is 0 Å². The van der Waals surface area contributed by atoms with E-state index >= 15 is 0 Å². The molecule has 2 aromatic carbocycles. The van der Waals surface area contributed by atoms with E-state index in [0.717, 1.165) is 4.90 Å². The molecule has 2 aliphatic rings. The van der Waals surface area contributed by atoms with Gasteiger partial charge in [-0.1, -0.05) is 24.3 Å². The molecule has 4 unspecified atom stereocenters. The summed E-state index contributed by atoms with van der Waals surface area (Å²) in [6.07, 6.45) is 2.19. The van der Waals surface area contributed by atoms with Gasteiger partial charge in [0.2, 0.25) is 11.8 Å². The number of ketones is 1. The zero-order chi connectivity index (χ0) is 24.6. The van der Waals surface area contributed by atoms with Crippen LogP contribution in [0.1, 0.15) is 35.3 Å². The van der Waals surface area contributed by atoms with Gasteiger partial charge in [-0.2, -0.15) is 11.8 Å². The molecule has 0 saturated carbocycles. The zero-order valence-electron chi connectivity index (χ0n) is 19.1. The van der Waals surface area contributed by atoms with Crippen molar-refractivity contribution in [2.75, 3.05) is 24.0 Å². The molecule has 0 bridgehead atoms. The van der Waals surface area contributed by atoms with Crippen molar-refractivity contribution in [3.05, 3.63) is 59.7 Å². The van der Waals surface area contributed by atoms with E-state index in [4.69, 9.17) is 4.74 Å². The number of imide groups is 1. The summed E-state index contributed by atoms with van der Waals surface area (Å²) in [5.41, 5.74) is -0.0524. The zero-order valence-corrected chi connectivity index (χ0v) is 19.9. The summed E-state index contributed by atoms with van der Waals surface area (Å²) in [5, 5.41) is 13.0. The molecule has 2 aromatic rings. The highest BCUT2D eigenvalue weighted by molar-refractivity contribution is 7.98. The van der Waals surface area contributed by atoms with Crippen LogP contribution in [0.5, 0.6) is 5.75 Å². The number of methoxy groups -OCH3 is 1. The number of benzene rings is 2. The quantitative estimate of drug-likeness (QED) is 0.352. The lowest BCUT2D eigenvalue weighted by atomic mass is 9.78. The Bertz CT molecular complexity index is 1150. The minimum Gasteiger partial charge on any atom is -0.508 e.